The van der Waals surface area contributed by atoms with E-state index in [-0.39, 0.29) is 50.4 Å². The van der Waals surface area contributed by atoms with Crippen LogP contribution in [0.3, 0.4) is 0 Å². The molecule has 9 nitrogen and oxygen atoms in total. The molecule has 1 aromatic carbocycles. The predicted octanol–water partition coefficient (Wildman–Crippen LogP) is 1.90. The Bertz CT molecular complexity index is 928. The minimum Gasteiger partial charge on any atom is -0.378 e. The number of rotatable bonds is 4. The Hall–Kier alpha value is -2.86. The molecular formula is C22H27F3N4O5. The summed E-state index contributed by atoms with van der Waals surface area (Å²) in [6.45, 7) is 3.08. The topological polar surface area (TPSA) is 82.6 Å². The number of morpholine rings is 1. The van der Waals surface area contributed by atoms with Gasteiger partial charge in [-0.25, -0.2) is 4.79 Å². The van der Waals surface area contributed by atoms with E-state index in [1.54, 1.807) is 6.07 Å². The summed E-state index contributed by atoms with van der Waals surface area (Å²) in [5, 5.41) is 0.784. The second kappa shape index (κ2) is 10.2. The van der Waals surface area contributed by atoms with E-state index in [1.807, 2.05) is 9.80 Å². The number of benzene rings is 1. The highest BCUT2D eigenvalue weighted by atomic mass is 19.4. The van der Waals surface area contributed by atoms with E-state index in [0.29, 0.717) is 45.1 Å². The molecule has 0 spiro atoms. The summed E-state index contributed by atoms with van der Waals surface area (Å²) in [7, 11) is 0. The van der Waals surface area contributed by atoms with E-state index in [9.17, 15) is 27.6 Å². The van der Waals surface area contributed by atoms with Gasteiger partial charge in [-0.05, 0) is 17.7 Å². The fraction of sp³-hybridized carbons (Fsp3) is 0.591. The van der Waals surface area contributed by atoms with Gasteiger partial charge in [-0.3, -0.25) is 14.5 Å². The number of ketones is 1. The number of hydrogen-bond acceptors (Lipinski definition) is 7. The van der Waals surface area contributed by atoms with Crippen LogP contribution >= 0.6 is 0 Å². The predicted molar refractivity (Wildman–Crippen MR) is 114 cm³/mol. The first-order valence-corrected chi connectivity index (χ1v) is 11.2. The molecule has 1 aromatic rings. The van der Waals surface area contributed by atoms with Crippen molar-refractivity contribution in [2.24, 2.45) is 0 Å². The molecule has 186 valence electrons. The van der Waals surface area contributed by atoms with Crippen LogP contribution in [0.1, 0.15) is 24.0 Å². The monoisotopic (exact) mass is 484 g/mol. The van der Waals surface area contributed by atoms with Crippen molar-refractivity contribution in [3.8, 4) is 0 Å². The number of Topliss-reactive ketones (excluding diaryl/α,β-unsaturated/α-hetero) is 1. The molecule has 3 saturated heterocycles. The Labute approximate surface area is 194 Å². The lowest BCUT2D eigenvalue weighted by molar-refractivity contribution is -0.176. The number of ether oxygens (including phenoxy) is 1. The van der Waals surface area contributed by atoms with Crippen molar-refractivity contribution < 1.29 is 37.1 Å². The molecule has 2 amide bonds. The minimum atomic E-state index is -4.48. The van der Waals surface area contributed by atoms with Crippen LogP contribution in [0.2, 0.25) is 0 Å². The molecule has 0 N–H and O–H groups in total. The Morgan fingerprint density at radius 3 is 2.38 bits per heavy atom. The Balaban J connectivity index is 1.35. The van der Waals surface area contributed by atoms with Crippen molar-refractivity contribution in [2.75, 3.05) is 63.9 Å². The average molecular weight is 484 g/mol. The number of halogens is 3. The second-order valence-corrected chi connectivity index (χ2v) is 8.53. The summed E-state index contributed by atoms with van der Waals surface area (Å²) >= 11 is 0. The molecule has 34 heavy (non-hydrogen) atoms. The van der Waals surface area contributed by atoms with E-state index in [0.717, 1.165) is 5.06 Å². The number of anilines is 1. The van der Waals surface area contributed by atoms with Crippen LogP contribution < -0.4 is 4.90 Å². The molecule has 3 aliphatic heterocycles. The van der Waals surface area contributed by atoms with Gasteiger partial charge in [0.2, 0.25) is 0 Å². The maximum Gasteiger partial charge on any atom is 0.434 e. The van der Waals surface area contributed by atoms with Gasteiger partial charge in [0.15, 0.2) is 5.78 Å². The third-order valence-electron chi connectivity index (χ3n) is 6.20. The molecule has 0 atom stereocenters. The van der Waals surface area contributed by atoms with Gasteiger partial charge in [0.05, 0.1) is 18.8 Å². The molecule has 0 radical (unpaired) electrons. The standard InChI is InChI=1S/C22H27F3N4O5/c23-22(24,25)19-13-17(27-9-11-33-12-10-27)2-1-16(19)14-26-5-7-28(8-6-26)21(32)34-29-15-18(30)3-4-20(29)31/h1-2,13H,3-12,14-15H2. The first kappa shape index (κ1) is 24.3. The minimum absolute atomic E-state index is 0.00571. The first-order chi connectivity index (χ1) is 16.2. The number of carbonyl (C=O) groups excluding carboxylic acids is 3. The van der Waals surface area contributed by atoms with Gasteiger partial charge in [0, 0.05) is 64.3 Å². The van der Waals surface area contributed by atoms with Crippen molar-refractivity contribution in [1.82, 2.24) is 14.9 Å². The molecule has 3 heterocycles. The highest BCUT2D eigenvalue weighted by Gasteiger charge is 2.35. The van der Waals surface area contributed by atoms with Gasteiger partial charge in [0.25, 0.3) is 5.91 Å². The van der Waals surface area contributed by atoms with Gasteiger partial charge in [0.1, 0.15) is 6.54 Å². The third-order valence-corrected chi connectivity index (χ3v) is 6.20. The van der Waals surface area contributed by atoms with Crippen LogP contribution in [0.25, 0.3) is 0 Å². The molecule has 0 aliphatic carbocycles. The van der Waals surface area contributed by atoms with E-state index >= 15 is 0 Å². The Morgan fingerprint density at radius 1 is 1.00 bits per heavy atom. The van der Waals surface area contributed by atoms with E-state index < -0.39 is 23.7 Å². The Morgan fingerprint density at radius 2 is 1.71 bits per heavy atom. The number of hydrogen-bond donors (Lipinski definition) is 0. The zero-order chi connectivity index (χ0) is 24.3. The third kappa shape index (κ3) is 5.79. The number of piperidine rings is 1. The maximum absolute atomic E-state index is 13.8. The Kier molecular flexibility index (Phi) is 7.27. The molecule has 0 bridgehead atoms. The smallest absolute Gasteiger partial charge is 0.378 e. The number of piperazine rings is 1. The molecule has 4 rings (SSSR count). The molecule has 3 fully saturated rings. The van der Waals surface area contributed by atoms with Crippen LogP contribution in [0.15, 0.2) is 18.2 Å². The summed E-state index contributed by atoms with van der Waals surface area (Å²) in [5.41, 5.74) is 0.0438. The lowest BCUT2D eigenvalue weighted by Crippen LogP contribution is -2.51. The number of alkyl halides is 3. The molecule has 3 aliphatic rings. The van der Waals surface area contributed by atoms with Crippen molar-refractivity contribution >= 4 is 23.5 Å². The van der Waals surface area contributed by atoms with Crippen LogP contribution in [0.5, 0.6) is 0 Å². The quantitative estimate of drug-likeness (QED) is 0.646. The number of hydroxylamine groups is 2. The van der Waals surface area contributed by atoms with Gasteiger partial charge in [-0.15, -0.1) is 0 Å². The lowest BCUT2D eigenvalue weighted by Gasteiger charge is -2.35. The molecular weight excluding hydrogens is 457 g/mol. The summed E-state index contributed by atoms with van der Waals surface area (Å²) in [6.07, 6.45) is -5.08. The van der Waals surface area contributed by atoms with Crippen molar-refractivity contribution in [3.05, 3.63) is 29.3 Å². The van der Waals surface area contributed by atoms with Crippen LogP contribution in [-0.2, 0) is 31.9 Å². The molecule has 12 heteroatoms. The molecule has 0 unspecified atom stereocenters. The fourth-order valence-electron chi connectivity index (χ4n) is 4.25. The van der Waals surface area contributed by atoms with E-state index in [1.165, 1.54) is 17.0 Å². The SMILES string of the molecule is O=C1CCC(=O)N(OC(=O)N2CCN(Cc3ccc(N4CCOCC4)cc3C(F)(F)F)CC2)C1. The van der Waals surface area contributed by atoms with Gasteiger partial charge in [-0.1, -0.05) is 6.07 Å². The summed E-state index contributed by atoms with van der Waals surface area (Å²) in [5.74, 6) is -0.607. The second-order valence-electron chi connectivity index (χ2n) is 8.53. The number of carbonyl (C=O) groups is 3. The van der Waals surface area contributed by atoms with Crippen LogP contribution in [0.4, 0.5) is 23.7 Å². The fourth-order valence-corrected chi connectivity index (χ4v) is 4.25. The number of nitrogens with zero attached hydrogens (tertiary/aromatic N) is 4. The zero-order valence-electron chi connectivity index (χ0n) is 18.7. The number of amides is 2. The normalized spacial score (nSPS) is 20.6. The summed E-state index contributed by atoms with van der Waals surface area (Å²) < 4.78 is 46.7. The largest absolute Gasteiger partial charge is 0.434 e. The average Bonchev–Trinajstić information content (AvgIpc) is 2.82. The highest BCUT2D eigenvalue weighted by molar-refractivity contribution is 5.92. The molecule has 0 saturated carbocycles. The highest BCUT2D eigenvalue weighted by Crippen LogP contribution is 2.35. The van der Waals surface area contributed by atoms with Crippen LogP contribution in [-0.4, -0.2) is 91.7 Å². The van der Waals surface area contributed by atoms with Gasteiger partial charge >= 0.3 is 12.3 Å². The maximum atomic E-state index is 13.8. The van der Waals surface area contributed by atoms with E-state index in [4.69, 9.17) is 9.57 Å². The summed E-state index contributed by atoms with van der Waals surface area (Å²) in [6, 6.07) is 4.43. The summed E-state index contributed by atoms with van der Waals surface area (Å²) in [4.78, 5) is 45.9. The van der Waals surface area contributed by atoms with Gasteiger partial charge in [-0.2, -0.15) is 18.2 Å². The molecule has 0 aromatic heterocycles. The zero-order valence-corrected chi connectivity index (χ0v) is 18.7. The van der Waals surface area contributed by atoms with E-state index in [2.05, 4.69) is 0 Å². The lowest BCUT2D eigenvalue weighted by atomic mass is 10.0. The van der Waals surface area contributed by atoms with Gasteiger partial charge < -0.3 is 19.4 Å². The van der Waals surface area contributed by atoms with Crippen molar-refractivity contribution in [3.63, 3.8) is 0 Å². The van der Waals surface area contributed by atoms with Crippen molar-refractivity contribution in [1.29, 1.82) is 0 Å². The first-order valence-electron chi connectivity index (χ1n) is 11.2. The van der Waals surface area contributed by atoms with Crippen LogP contribution in [0, 0.1) is 0 Å². The van der Waals surface area contributed by atoms with Crippen molar-refractivity contribution in [2.45, 2.75) is 25.6 Å².